The molecule has 0 aliphatic carbocycles. The van der Waals surface area contributed by atoms with Gasteiger partial charge in [0.25, 0.3) is 0 Å². The van der Waals surface area contributed by atoms with Crippen LogP contribution in [0.2, 0.25) is 0 Å². The van der Waals surface area contributed by atoms with Crippen molar-refractivity contribution in [1.29, 1.82) is 0 Å². The van der Waals surface area contributed by atoms with Crippen molar-refractivity contribution in [2.24, 2.45) is 0 Å². The number of hydrogen-bond donors (Lipinski definition) is 5. The molecule has 8 atom stereocenters. The summed E-state index contributed by atoms with van der Waals surface area (Å²) in [4.78, 5) is 49.1. The normalized spacial score (nSPS) is 23.0. The summed E-state index contributed by atoms with van der Waals surface area (Å²) in [6.07, 6.45) is -12.0. The van der Waals surface area contributed by atoms with Crippen molar-refractivity contribution in [2.45, 2.75) is 75.8 Å². The molecule has 2 heterocycles. The molecular formula is C43H44F2O16. The van der Waals surface area contributed by atoms with E-state index in [0.29, 0.717) is 22.3 Å². The van der Waals surface area contributed by atoms with Gasteiger partial charge < -0.3 is 58.7 Å². The zero-order valence-electron chi connectivity index (χ0n) is 32.6. The second kappa shape index (κ2) is 22.2. The van der Waals surface area contributed by atoms with E-state index in [0.717, 1.165) is 0 Å². The topological polar surface area (TPSA) is 234 Å². The van der Waals surface area contributed by atoms with E-state index in [1.807, 2.05) is 0 Å². The largest absolute Gasteiger partial charge is 0.459 e. The van der Waals surface area contributed by atoms with Gasteiger partial charge in [-0.3, -0.25) is 0 Å². The van der Waals surface area contributed by atoms with E-state index in [9.17, 15) is 33.1 Å². The second-order valence-corrected chi connectivity index (χ2v) is 13.6. The van der Waals surface area contributed by atoms with Gasteiger partial charge in [-0.15, -0.1) is 0 Å². The molecule has 0 spiro atoms. The van der Waals surface area contributed by atoms with Crippen LogP contribution in [0.5, 0.6) is 0 Å². The molecule has 6 rings (SSSR count). The lowest BCUT2D eigenvalue weighted by Gasteiger charge is -2.19. The summed E-state index contributed by atoms with van der Waals surface area (Å²) >= 11 is 0. The van der Waals surface area contributed by atoms with Gasteiger partial charge in [-0.1, -0.05) is 48.5 Å². The average molecular weight is 855 g/mol. The molecule has 2 aliphatic heterocycles. The molecule has 326 valence electrons. The van der Waals surface area contributed by atoms with Crippen LogP contribution in [0.3, 0.4) is 0 Å². The maximum absolute atomic E-state index is 14.7. The molecule has 2 aliphatic rings. The molecule has 0 aromatic heterocycles. The summed E-state index contributed by atoms with van der Waals surface area (Å²) < 4.78 is 65.2. The minimum atomic E-state index is -2.02. The smallest absolute Gasteiger partial charge is 0.338 e. The van der Waals surface area contributed by atoms with Crippen molar-refractivity contribution in [2.75, 3.05) is 20.3 Å². The van der Waals surface area contributed by atoms with Gasteiger partial charge in [0.1, 0.15) is 25.4 Å². The van der Waals surface area contributed by atoms with Crippen LogP contribution in [-0.4, -0.2) is 119 Å². The van der Waals surface area contributed by atoms with E-state index in [-0.39, 0.29) is 55.3 Å². The van der Waals surface area contributed by atoms with Gasteiger partial charge in [-0.2, -0.15) is 0 Å². The van der Waals surface area contributed by atoms with Crippen molar-refractivity contribution in [3.05, 3.63) is 142 Å². The van der Waals surface area contributed by atoms with Crippen LogP contribution in [0.15, 0.2) is 97.1 Å². The molecule has 0 bridgehead atoms. The highest BCUT2D eigenvalue weighted by molar-refractivity contribution is 5.91. The fraction of sp³-hybridized carbons (Fsp3) is 0.349. The fourth-order valence-corrected chi connectivity index (χ4v) is 5.97. The first-order valence-electron chi connectivity index (χ1n) is 18.7. The number of methoxy groups -OCH3 is 1. The fourth-order valence-electron chi connectivity index (χ4n) is 5.97. The van der Waals surface area contributed by atoms with E-state index in [2.05, 4.69) is 0 Å². The van der Waals surface area contributed by atoms with Gasteiger partial charge in [0.2, 0.25) is 0 Å². The van der Waals surface area contributed by atoms with E-state index in [4.69, 9.17) is 53.6 Å². The predicted molar refractivity (Wildman–Crippen MR) is 205 cm³/mol. The quantitative estimate of drug-likeness (QED) is 0.0855. The molecule has 0 radical (unpaired) electrons. The Morgan fingerprint density at radius 1 is 0.508 bits per heavy atom. The highest BCUT2D eigenvalue weighted by Gasteiger charge is 2.49. The van der Waals surface area contributed by atoms with Crippen LogP contribution in [0, 0.1) is 0 Å². The SMILES string of the molecule is COC1OC(COC(=O)c2ccc(CO)cc2)[C@@H](OC(=O)c2ccc(CO)cc2)[C@@H]1F.O=C(OCC1OC(O)[C@@H](F)[C@@H]1OC(=O)c1ccc(CO)cc1)c1ccc(CO)cc1. The first-order valence-corrected chi connectivity index (χ1v) is 18.7. The molecule has 16 nitrogen and oxygen atoms in total. The number of rotatable bonds is 15. The lowest BCUT2D eigenvalue weighted by molar-refractivity contribution is -0.142. The van der Waals surface area contributed by atoms with Crippen molar-refractivity contribution in [1.82, 2.24) is 0 Å². The summed E-state index contributed by atoms with van der Waals surface area (Å²) in [7, 11) is 1.25. The summed E-state index contributed by atoms with van der Waals surface area (Å²) in [5.74, 6) is -3.02. The summed E-state index contributed by atoms with van der Waals surface area (Å²) in [5.41, 5.74) is 3.20. The number of carbonyl (C=O) groups excluding carboxylic acids is 4. The molecule has 18 heteroatoms. The van der Waals surface area contributed by atoms with Gasteiger partial charge in [0.15, 0.2) is 37.1 Å². The van der Waals surface area contributed by atoms with E-state index in [1.165, 1.54) is 67.8 Å². The molecule has 4 aromatic carbocycles. The van der Waals surface area contributed by atoms with Gasteiger partial charge in [0, 0.05) is 7.11 Å². The van der Waals surface area contributed by atoms with Crippen LogP contribution in [-0.2, 0) is 59.6 Å². The number of aliphatic hydroxyl groups excluding tert-OH is 5. The Kier molecular flexibility index (Phi) is 16.9. The number of carbonyl (C=O) groups is 4. The lowest BCUT2D eigenvalue weighted by atomic mass is 10.1. The van der Waals surface area contributed by atoms with E-state index in [1.54, 1.807) is 36.4 Å². The first kappa shape index (κ1) is 46.4. The standard InChI is InChI=1S/C22H23FO8.C21H21FO8/c1-28-22-18(23)19(31-21(27)16-8-4-14(11-25)5-9-16)17(30-22)12-29-20(26)15-6-2-13(10-24)3-7-15;22-17-18(30-20(26)15-7-3-13(10-24)4-8-15)16(29-21(17)27)11-28-19(25)14-5-1-12(9-23)2-6-14/h2-9,17-19,22,24-25H,10-12H2,1H3;1-8,16-18,21,23-24,27H,9-11H2/t17?,18-,19+,22?;16?,17-,18+,21?/m00/s1. The number of ether oxygens (including phenoxy) is 7. The van der Waals surface area contributed by atoms with Crippen LogP contribution < -0.4 is 0 Å². The Morgan fingerprint density at radius 3 is 1.15 bits per heavy atom. The minimum absolute atomic E-state index is 0.125. The molecule has 0 saturated carbocycles. The Hall–Kier alpha value is -5.70. The number of aliphatic hydroxyl groups is 5. The lowest BCUT2D eigenvalue weighted by Crippen LogP contribution is -2.37. The summed E-state index contributed by atoms with van der Waals surface area (Å²) in [6, 6.07) is 24.0. The van der Waals surface area contributed by atoms with Gasteiger partial charge >= 0.3 is 23.9 Å². The van der Waals surface area contributed by atoms with E-state index < -0.39 is 79.8 Å². The Bertz CT molecular complexity index is 2050. The van der Waals surface area contributed by atoms with Gasteiger partial charge in [0.05, 0.1) is 48.7 Å². The number of alkyl halides is 2. The number of esters is 4. The Morgan fingerprint density at radius 2 is 0.820 bits per heavy atom. The van der Waals surface area contributed by atoms with Gasteiger partial charge in [-0.05, 0) is 70.8 Å². The highest BCUT2D eigenvalue weighted by atomic mass is 19.1. The predicted octanol–water partition coefficient (Wildman–Crippen LogP) is 2.87. The minimum Gasteiger partial charge on any atom is -0.459 e. The maximum Gasteiger partial charge on any atom is 0.338 e. The van der Waals surface area contributed by atoms with Crippen LogP contribution in [0.4, 0.5) is 8.78 Å². The Balaban J connectivity index is 0.000000231. The third kappa shape index (κ3) is 12.2. The third-order valence-electron chi connectivity index (χ3n) is 9.48. The molecule has 2 saturated heterocycles. The average Bonchev–Trinajstić information content (AvgIpc) is 3.75. The zero-order chi connectivity index (χ0) is 44.1. The van der Waals surface area contributed by atoms with Gasteiger partial charge in [-0.25, -0.2) is 28.0 Å². The molecule has 2 fully saturated rings. The Labute approximate surface area is 347 Å². The third-order valence-corrected chi connectivity index (χ3v) is 9.48. The molecule has 4 aromatic rings. The zero-order valence-corrected chi connectivity index (χ0v) is 32.6. The molecule has 61 heavy (non-hydrogen) atoms. The van der Waals surface area contributed by atoms with Crippen molar-refractivity contribution < 1.29 is 86.6 Å². The van der Waals surface area contributed by atoms with Crippen LogP contribution >= 0.6 is 0 Å². The van der Waals surface area contributed by atoms with Crippen molar-refractivity contribution in [3.8, 4) is 0 Å². The highest BCUT2D eigenvalue weighted by Crippen LogP contribution is 2.29. The van der Waals surface area contributed by atoms with Crippen molar-refractivity contribution in [3.63, 3.8) is 0 Å². The molecular weight excluding hydrogens is 810 g/mol. The number of benzene rings is 4. The van der Waals surface area contributed by atoms with Crippen LogP contribution in [0.25, 0.3) is 0 Å². The maximum atomic E-state index is 14.7. The second-order valence-electron chi connectivity index (χ2n) is 13.6. The monoisotopic (exact) mass is 854 g/mol. The van der Waals surface area contributed by atoms with Crippen molar-refractivity contribution >= 4 is 23.9 Å². The number of halogens is 2. The summed E-state index contributed by atoms with van der Waals surface area (Å²) in [6.45, 7) is -1.50. The van der Waals surface area contributed by atoms with E-state index >= 15 is 0 Å². The molecule has 0 amide bonds. The van der Waals surface area contributed by atoms with Crippen LogP contribution in [0.1, 0.15) is 63.7 Å². The summed E-state index contributed by atoms with van der Waals surface area (Å²) in [5, 5.41) is 45.9. The molecule has 5 N–H and O–H groups in total. The molecule has 4 unspecified atom stereocenters. The first-order chi connectivity index (χ1) is 29.4. The number of hydrogen-bond acceptors (Lipinski definition) is 16.